The number of pyridine rings is 1. The molecule has 0 fully saturated rings. The van der Waals surface area contributed by atoms with E-state index in [4.69, 9.17) is 5.84 Å². The maximum Gasteiger partial charge on any atom is 0.417 e. The molecule has 2 aromatic heterocycles. The van der Waals surface area contributed by atoms with E-state index in [-0.39, 0.29) is 5.56 Å². The van der Waals surface area contributed by atoms with Crippen LogP contribution in [-0.4, -0.2) is 4.98 Å². The predicted molar refractivity (Wildman–Crippen MR) is 67.3 cm³/mol. The Morgan fingerprint density at radius 2 is 2.16 bits per heavy atom. The van der Waals surface area contributed by atoms with Crippen molar-refractivity contribution in [3.8, 4) is 0 Å². The number of alkyl halides is 3. The summed E-state index contributed by atoms with van der Waals surface area (Å²) in [6, 6.07) is 2.95. The zero-order valence-electron chi connectivity index (χ0n) is 9.82. The highest BCUT2D eigenvalue weighted by Crippen LogP contribution is 2.37. The van der Waals surface area contributed by atoms with Crippen LogP contribution in [0.15, 0.2) is 35.3 Å². The minimum absolute atomic E-state index is 0.170. The summed E-state index contributed by atoms with van der Waals surface area (Å²) < 4.78 is 38.5. The maximum atomic E-state index is 12.8. The fourth-order valence-electron chi connectivity index (χ4n) is 1.82. The molecule has 0 amide bonds. The Morgan fingerprint density at radius 1 is 1.37 bits per heavy atom. The van der Waals surface area contributed by atoms with Gasteiger partial charge < -0.3 is 0 Å². The second-order valence-electron chi connectivity index (χ2n) is 4.02. The number of aromatic nitrogens is 1. The summed E-state index contributed by atoms with van der Waals surface area (Å²) in [6.07, 6.45) is -0.784. The van der Waals surface area contributed by atoms with Crippen molar-refractivity contribution in [2.24, 2.45) is 5.84 Å². The molecule has 0 radical (unpaired) electrons. The molecule has 0 aliphatic rings. The molecule has 3 N–H and O–H groups in total. The maximum absolute atomic E-state index is 12.8. The van der Waals surface area contributed by atoms with E-state index in [0.717, 1.165) is 22.3 Å². The Hall–Kier alpha value is -1.44. The summed E-state index contributed by atoms with van der Waals surface area (Å²) in [5.74, 6) is 5.39. The van der Waals surface area contributed by atoms with E-state index in [9.17, 15) is 13.2 Å². The Morgan fingerprint density at radius 3 is 2.74 bits per heavy atom. The molecule has 19 heavy (non-hydrogen) atoms. The normalized spacial score (nSPS) is 13.5. The van der Waals surface area contributed by atoms with Gasteiger partial charge in [0.15, 0.2) is 0 Å². The molecule has 1 atom stereocenters. The molecule has 0 saturated heterocycles. The van der Waals surface area contributed by atoms with Crippen molar-refractivity contribution in [1.29, 1.82) is 0 Å². The van der Waals surface area contributed by atoms with Crippen LogP contribution < -0.4 is 11.3 Å². The van der Waals surface area contributed by atoms with E-state index in [1.54, 1.807) is 24.5 Å². The SMILES string of the molecule is NNC(Cc1cccnc1)c1cscc1C(F)(F)F. The van der Waals surface area contributed by atoms with Crippen molar-refractivity contribution in [3.05, 3.63) is 52.0 Å². The van der Waals surface area contributed by atoms with E-state index in [1.165, 1.54) is 5.38 Å². The van der Waals surface area contributed by atoms with Crippen LogP contribution in [0.1, 0.15) is 22.7 Å². The molecule has 0 saturated carbocycles. The zero-order valence-corrected chi connectivity index (χ0v) is 10.6. The lowest BCUT2D eigenvalue weighted by molar-refractivity contribution is -0.138. The number of rotatable bonds is 4. The summed E-state index contributed by atoms with van der Waals surface area (Å²) in [7, 11) is 0. The molecule has 1 unspecified atom stereocenters. The average Bonchev–Trinajstić information content (AvgIpc) is 2.86. The van der Waals surface area contributed by atoms with E-state index in [0.29, 0.717) is 6.42 Å². The summed E-state index contributed by atoms with van der Waals surface area (Å²) in [4.78, 5) is 3.94. The molecular weight excluding hydrogens is 275 g/mol. The molecule has 0 aliphatic heterocycles. The lowest BCUT2D eigenvalue weighted by Crippen LogP contribution is -2.30. The number of hydrazine groups is 1. The molecule has 2 aromatic rings. The molecule has 2 rings (SSSR count). The predicted octanol–water partition coefficient (Wildman–Crippen LogP) is 2.91. The molecule has 0 spiro atoms. The standard InChI is InChI=1S/C12H12F3N3S/c13-12(14,15)10-7-19-6-9(10)11(18-16)4-8-2-1-3-17-5-8/h1-3,5-7,11,18H,4,16H2. The smallest absolute Gasteiger partial charge is 0.271 e. The fraction of sp³-hybridized carbons (Fsp3) is 0.250. The summed E-state index contributed by atoms with van der Waals surface area (Å²) >= 11 is 1.02. The van der Waals surface area contributed by atoms with Gasteiger partial charge in [0, 0.05) is 17.8 Å². The van der Waals surface area contributed by atoms with E-state index in [1.807, 2.05) is 0 Å². The molecule has 0 aromatic carbocycles. The Balaban J connectivity index is 2.26. The third kappa shape index (κ3) is 3.31. The van der Waals surface area contributed by atoms with Gasteiger partial charge in [0.05, 0.1) is 11.6 Å². The zero-order chi connectivity index (χ0) is 13.9. The Bertz CT molecular complexity index is 525. The van der Waals surface area contributed by atoms with E-state index < -0.39 is 17.8 Å². The van der Waals surface area contributed by atoms with Gasteiger partial charge in [0.2, 0.25) is 0 Å². The lowest BCUT2D eigenvalue weighted by atomic mass is 9.99. The summed E-state index contributed by atoms with van der Waals surface area (Å²) in [5, 5.41) is 2.58. The number of hydrogen-bond donors (Lipinski definition) is 2. The van der Waals surface area contributed by atoms with Crippen LogP contribution in [-0.2, 0) is 12.6 Å². The van der Waals surface area contributed by atoms with Crippen molar-refractivity contribution in [1.82, 2.24) is 10.4 Å². The highest BCUT2D eigenvalue weighted by atomic mass is 32.1. The van der Waals surface area contributed by atoms with Gasteiger partial charge in [-0.05, 0) is 29.0 Å². The van der Waals surface area contributed by atoms with Crippen molar-refractivity contribution in [3.63, 3.8) is 0 Å². The second-order valence-corrected chi connectivity index (χ2v) is 4.77. The Labute approximate surface area is 112 Å². The molecule has 0 bridgehead atoms. The van der Waals surface area contributed by atoms with Crippen LogP contribution in [0.2, 0.25) is 0 Å². The van der Waals surface area contributed by atoms with Crippen molar-refractivity contribution < 1.29 is 13.2 Å². The molecule has 102 valence electrons. The highest BCUT2D eigenvalue weighted by Gasteiger charge is 2.35. The number of halogens is 3. The first-order chi connectivity index (χ1) is 9.02. The minimum Gasteiger partial charge on any atom is -0.271 e. The number of thiophene rings is 1. The van der Waals surface area contributed by atoms with E-state index in [2.05, 4.69) is 10.4 Å². The summed E-state index contributed by atoms with van der Waals surface area (Å²) in [6.45, 7) is 0. The molecule has 7 heteroatoms. The van der Waals surface area contributed by atoms with Crippen molar-refractivity contribution in [2.45, 2.75) is 18.6 Å². The second kappa shape index (κ2) is 5.68. The number of nitrogens with one attached hydrogen (secondary N) is 1. The lowest BCUT2D eigenvalue weighted by Gasteiger charge is -2.18. The van der Waals surface area contributed by atoms with Crippen LogP contribution in [0.4, 0.5) is 13.2 Å². The van der Waals surface area contributed by atoms with Gasteiger partial charge in [-0.25, -0.2) is 0 Å². The van der Waals surface area contributed by atoms with Gasteiger partial charge in [0.1, 0.15) is 0 Å². The minimum atomic E-state index is -4.36. The molecule has 2 heterocycles. The quantitative estimate of drug-likeness (QED) is 0.671. The topological polar surface area (TPSA) is 50.9 Å². The van der Waals surface area contributed by atoms with Crippen LogP contribution in [0, 0.1) is 0 Å². The first-order valence-corrected chi connectivity index (χ1v) is 6.45. The number of nitrogens with zero attached hydrogens (tertiary/aromatic N) is 1. The molecule has 0 aliphatic carbocycles. The van der Waals surface area contributed by atoms with Gasteiger partial charge in [-0.15, -0.1) is 0 Å². The average molecular weight is 287 g/mol. The number of nitrogens with two attached hydrogens (primary N) is 1. The fourth-order valence-corrected chi connectivity index (χ4v) is 2.73. The third-order valence-electron chi connectivity index (χ3n) is 2.74. The number of hydrogen-bond acceptors (Lipinski definition) is 4. The van der Waals surface area contributed by atoms with Gasteiger partial charge in [-0.2, -0.15) is 24.5 Å². The highest BCUT2D eigenvalue weighted by molar-refractivity contribution is 7.08. The first-order valence-electron chi connectivity index (χ1n) is 5.50. The van der Waals surface area contributed by atoms with Crippen molar-refractivity contribution >= 4 is 11.3 Å². The Kier molecular flexibility index (Phi) is 4.18. The first kappa shape index (κ1) is 14.0. The van der Waals surface area contributed by atoms with Gasteiger partial charge >= 0.3 is 6.18 Å². The van der Waals surface area contributed by atoms with Crippen LogP contribution in [0.3, 0.4) is 0 Å². The molecule has 3 nitrogen and oxygen atoms in total. The third-order valence-corrected chi connectivity index (χ3v) is 3.50. The largest absolute Gasteiger partial charge is 0.417 e. The molecular formula is C12H12F3N3S. The van der Waals surface area contributed by atoms with Crippen LogP contribution in [0.25, 0.3) is 0 Å². The van der Waals surface area contributed by atoms with E-state index >= 15 is 0 Å². The van der Waals surface area contributed by atoms with Crippen molar-refractivity contribution in [2.75, 3.05) is 0 Å². The van der Waals surface area contributed by atoms with Crippen LogP contribution >= 0.6 is 11.3 Å². The van der Waals surface area contributed by atoms with Crippen LogP contribution in [0.5, 0.6) is 0 Å². The van der Waals surface area contributed by atoms with Gasteiger partial charge in [-0.3, -0.25) is 16.3 Å². The summed E-state index contributed by atoms with van der Waals surface area (Å²) in [5.41, 5.74) is 2.80. The monoisotopic (exact) mass is 287 g/mol. The van der Waals surface area contributed by atoms with Gasteiger partial charge in [-0.1, -0.05) is 6.07 Å². The van der Waals surface area contributed by atoms with Gasteiger partial charge in [0.25, 0.3) is 0 Å².